The molecule has 7 nitrogen and oxygen atoms in total. The van der Waals surface area contributed by atoms with E-state index in [1.807, 2.05) is 72.8 Å². The Balaban J connectivity index is 1.66. The number of aromatic nitrogens is 1. The van der Waals surface area contributed by atoms with Gasteiger partial charge in [0.2, 0.25) is 0 Å². The van der Waals surface area contributed by atoms with Crippen LogP contribution in [0.5, 0.6) is 5.75 Å². The van der Waals surface area contributed by atoms with E-state index >= 15 is 0 Å². The maximum Gasteiger partial charge on any atom is 0.337 e. The minimum absolute atomic E-state index is 0.0642. The maximum absolute atomic E-state index is 11.9. The van der Waals surface area contributed by atoms with Gasteiger partial charge in [-0.2, -0.15) is 10.4 Å². The Morgan fingerprint density at radius 1 is 1.00 bits per heavy atom. The van der Waals surface area contributed by atoms with Gasteiger partial charge in [-0.3, -0.25) is 5.43 Å². The molecule has 0 bridgehead atoms. The predicted molar refractivity (Wildman–Crippen MR) is 131 cm³/mol. The molecule has 0 spiro atoms. The third-order valence-electron chi connectivity index (χ3n) is 5.15. The molecule has 166 valence electrons. The zero-order valence-electron chi connectivity index (χ0n) is 18.3. The number of methoxy groups -OCH3 is 1. The second-order valence-corrected chi connectivity index (χ2v) is 7.28. The number of carboxylic acids is 1. The normalized spacial score (nSPS) is 10.6. The Bertz CT molecular complexity index is 1370. The van der Waals surface area contributed by atoms with Gasteiger partial charge in [0.15, 0.2) is 5.82 Å². The first-order valence-corrected chi connectivity index (χ1v) is 10.4. The van der Waals surface area contributed by atoms with Gasteiger partial charge in [0.25, 0.3) is 0 Å². The molecule has 0 radical (unpaired) electrons. The number of benzene rings is 3. The Morgan fingerprint density at radius 3 is 2.26 bits per heavy atom. The minimum atomic E-state index is -1.22. The number of ether oxygens (including phenoxy) is 1. The molecule has 34 heavy (non-hydrogen) atoms. The lowest BCUT2D eigenvalue weighted by Crippen LogP contribution is -2.07. The number of nitrogens with zero attached hydrogens (tertiary/aromatic N) is 3. The van der Waals surface area contributed by atoms with Crippen LogP contribution in [0.3, 0.4) is 0 Å². The van der Waals surface area contributed by atoms with Crippen LogP contribution in [0, 0.1) is 11.3 Å². The van der Waals surface area contributed by atoms with Gasteiger partial charge < -0.3 is 9.84 Å². The lowest BCUT2D eigenvalue weighted by atomic mass is 10.0. The number of carbonyl (C=O) groups is 1. The van der Waals surface area contributed by atoms with E-state index in [0.717, 1.165) is 22.4 Å². The van der Waals surface area contributed by atoms with Gasteiger partial charge >= 0.3 is 5.97 Å². The zero-order chi connectivity index (χ0) is 23.9. The lowest BCUT2D eigenvalue weighted by molar-refractivity contribution is 0.0696. The van der Waals surface area contributed by atoms with Crippen LogP contribution in [0.2, 0.25) is 0 Å². The fourth-order valence-corrected chi connectivity index (χ4v) is 3.38. The quantitative estimate of drug-likeness (QED) is 0.288. The van der Waals surface area contributed by atoms with Crippen molar-refractivity contribution >= 4 is 18.0 Å². The largest absolute Gasteiger partial charge is 0.497 e. The topological polar surface area (TPSA) is 108 Å². The Kier molecular flexibility index (Phi) is 6.61. The molecule has 0 aliphatic rings. The van der Waals surface area contributed by atoms with Crippen molar-refractivity contribution in [2.45, 2.75) is 0 Å². The molecule has 0 aliphatic carbocycles. The summed E-state index contributed by atoms with van der Waals surface area (Å²) in [6.07, 6.45) is 1.55. The number of nitriles is 1. The zero-order valence-corrected chi connectivity index (χ0v) is 18.3. The minimum Gasteiger partial charge on any atom is -0.497 e. The van der Waals surface area contributed by atoms with E-state index in [2.05, 4.69) is 15.5 Å². The monoisotopic (exact) mass is 448 g/mol. The number of nitrogens with one attached hydrogen (secondary N) is 1. The molecular weight excluding hydrogens is 428 g/mol. The highest BCUT2D eigenvalue weighted by molar-refractivity contribution is 5.94. The summed E-state index contributed by atoms with van der Waals surface area (Å²) in [6, 6.07) is 28.1. The van der Waals surface area contributed by atoms with Crippen molar-refractivity contribution < 1.29 is 14.6 Å². The average molecular weight is 448 g/mol. The van der Waals surface area contributed by atoms with Crippen molar-refractivity contribution in [2.75, 3.05) is 12.5 Å². The number of hydrazone groups is 1. The molecule has 0 amide bonds. The highest BCUT2D eigenvalue weighted by atomic mass is 16.5. The van der Waals surface area contributed by atoms with E-state index in [9.17, 15) is 15.2 Å². The van der Waals surface area contributed by atoms with Crippen LogP contribution >= 0.6 is 0 Å². The number of anilines is 1. The molecule has 1 aromatic heterocycles. The van der Waals surface area contributed by atoms with Crippen LogP contribution in [0.15, 0.2) is 90.0 Å². The van der Waals surface area contributed by atoms with Crippen LogP contribution in [-0.2, 0) is 0 Å². The average Bonchev–Trinajstić information content (AvgIpc) is 2.89. The first-order valence-electron chi connectivity index (χ1n) is 10.4. The van der Waals surface area contributed by atoms with Crippen LogP contribution in [0.4, 0.5) is 5.82 Å². The fraction of sp³-hybridized carbons (Fsp3) is 0.0370. The number of carboxylic acid groups (broad SMARTS) is 1. The molecule has 7 heteroatoms. The highest BCUT2D eigenvalue weighted by Crippen LogP contribution is 2.28. The Labute approximate surface area is 196 Å². The van der Waals surface area contributed by atoms with Crippen LogP contribution in [-0.4, -0.2) is 29.4 Å². The number of hydrogen-bond donors (Lipinski definition) is 2. The second kappa shape index (κ2) is 10.1. The summed E-state index contributed by atoms with van der Waals surface area (Å²) >= 11 is 0. The van der Waals surface area contributed by atoms with Gasteiger partial charge in [-0.1, -0.05) is 54.6 Å². The van der Waals surface area contributed by atoms with Gasteiger partial charge in [-0.15, -0.1) is 0 Å². The molecule has 0 fully saturated rings. The van der Waals surface area contributed by atoms with Crippen molar-refractivity contribution in [1.82, 2.24) is 4.98 Å². The van der Waals surface area contributed by atoms with Gasteiger partial charge in [0.05, 0.1) is 24.6 Å². The molecular formula is C27H20N4O3. The van der Waals surface area contributed by atoms with Crippen LogP contribution in [0.25, 0.3) is 22.4 Å². The van der Waals surface area contributed by atoms with Gasteiger partial charge in [-0.25, -0.2) is 9.78 Å². The molecule has 0 atom stereocenters. The third-order valence-corrected chi connectivity index (χ3v) is 5.15. The van der Waals surface area contributed by atoms with E-state index in [4.69, 9.17) is 4.74 Å². The van der Waals surface area contributed by atoms with Crippen LogP contribution < -0.4 is 10.2 Å². The molecule has 2 N–H and O–H groups in total. The first-order chi connectivity index (χ1) is 16.6. The number of pyridine rings is 1. The van der Waals surface area contributed by atoms with E-state index in [1.165, 1.54) is 6.07 Å². The molecule has 0 saturated carbocycles. The first kappa shape index (κ1) is 22.2. The highest BCUT2D eigenvalue weighted by Gasteiger charge is 2.18. The van der Waals surface area contributed by atoms with Crippen molar-refractivity contribution in [2.24, 2.45) is 5.10 Å². The van der Waals surface area contributed by atoms with E-state index in [-0.39, 0.29) is 16.9 Å². The standard InChI is InChI=1S/C27H20N4O3/c1-34-22-13-7-18(8-14-22)17-29-31-26-24(16-28)23(27(32)33)15-25(30-26)21-11-9-20(10-12-21)19-5-3-2-4-6-19/h2-15,17H,1H3,(H,30,31)(H,32,33)/b29-17+. The number of aromatic carboxylic acids is 1. The summed E-state index contributed by atoms with van der Waals surface area (Å²) in [5, 5.41) is 23.4. The van der Waals surface area contributed by atoms with Crippen molar-refractivity contribution in [3.8, 4) is 34.2 Å². The van der Waals surface area contributed by atoms with E-state index in [1.54, 1.807) is 25.5 Å². The summed E-state index contributed by atoms with van der Waals surface area (Å²) in [6.45, 7) is 0. The van der Waals surface area contributed by atoms with E-state index < -0.39 is 5.97 Å². The van der Waals surface area contributed by atoms with Crippen molar-refractivity contribution in [3.05, 3.63) is 102 Å². The number of rotatable bonds is 7. The summed E-state index contributed by atoms with van der Waals surface area (Å²) < 4.78 is 5.13. The third kappa shape index (κ3) is 4.92. The summed E-state index contributed by atoms with van der Waals surface area (Å²) in [5.41, 5.74) is 6.50. The summed E-state index contributed by atoms with van der Waals surface area (Å²) in [4.78, 5) is 16.3. The Hall–Kier alpha value is -4.96. The fourth-order valence-electron chi connectivity index (χ4n) is 3.38. The van der Waals surface area contributed by atoms with Crippen molar-refractivity contribution in [3.63, 3.8) is 0 Å². The molecule has 4 rings (SSSR count). The van der Waals surface area contributed by atoms with E-state index in [0.29, 0.717) is 11.3 Å². The van der Waals surface area contributed by atoms with Crippen LogP contribution in [0.1, 0.15) is 21.5 Å². The SMILES string of the molecule is COc1ccc(/C=N/Nc2nc(-c3ccc(-c4ccccc4)cc3)cc(C(=O)O)c2C#N)cc1. The van der Waals surface area contributed by atoms with Gasteiger partial charge in [0, 0.05) is 5.56 Å². The lowest BCUT2D eigenvalue weighted by Gasteiger charge is -2.10. The van der Waals surface area contributed by atoms with Gasteiger partial charge in [0.1, 0.15) is 17.4 Å². The maximum atomic E-state index is 11.9. The molecule has 4 aromatic rings. The second-order valence-electron chi connectivity index (χ2n) is 7.28. The molecule has 0 aliphatic heterocycles. The summed E-state index contributed by atoms with van der Waals surface area (Å²) in [7, 11) is 1.59. The number of hydrogen-bond acceptors (Lipinski definition) is 6. The molecule has 1 heterocycles. The Morgan fingerprint density at radius 2 is 1.65 bits per heavy atom. The predicted octanol–water partition coefficient (Wildman–Crippen LogP) is 5.44. The molecule has 0 unspecified atom stereocenters. The van der Waals surface area contributed by atoms with Gasteiger partial charge in [-0.05, 0) is 47.0 Å². The van der Waals surface area contributed by atoms with Crippen molar-refractivity contribution in [1.29, 1.82) is 5.26 Å². The molecule has 3 aromatic carbocycles. The smallest absolute Gasteiger partial charge is 0.337 e. The summed E-state index contributed by atoms with van der Waals surface area (Å²) in [5.74, 6) is -0.437. The molecule has 0 saturated heterocycles.